The largest absolute Gasteiger partial charge is 0.343 e. The standard InChI is InChI=1S/C7H15Cl2N2O2P.CH4/c8-2-5-11(6-3-9)14(12)10-4-1-7-13-14;/h1-7H2,(H,10,12);1H4. The van der Waals surface area contributed by atoms with Gasteiger partial charge in [-0.25, -0.2) is 9.76 Å². The molecule has 0 aliphatic carbocycles. The average molecular weight is 277 g/mol. The van der Waals surface area contributed by atoms with Crippen LogP contribution in [0.25, 0.3) is 0 Å². The van der Waals surface area contributed by atoms with Gasteiger partial charge >= 0.3 is 7.67 Å². The van der Waals surface area contributed by atoms with E-state index in [1.54, 1.807) is 4.67 Å². The summed E-state index contributed by atoms with van der Waals surface area (Å²) in [7, 11) is -2.84. The van der Waals surface area contributed by atoms with Gasteiger partial charge in [-0.05, 0) is 6.42 Å². The zero-order valence-corrected chi connectivity index (χ0v) is 10.3. The van der Waals surface area contributed by atoms with E-state index in [-0.39, 0.29) is 7.43 Å². The predicted molar refractivity (Wildman–Crippen MR) is 65.9 cm³/mol. The molecule has 1 saturated heterocycles. The Morgan fingerprint density at radius 2 is 1.93 bits per heavy atom. The van der Waals surface area contributed by atoms with Crippen LogP contribution in [0.3, 0.4) is 0 Å². The molecule has 0 aromatic rings. The highest BCUT2D eigenvalue weighted by molar-refractivity contribution is 7.54. The Morgan fingerprint density at radius 3 is 2.33 bits per heavy atom. The maximum Gasteiger partial charge on any atom is 0.343 e. The van der Waals surface area contributed by atoms with Crippen LogP contribution in [0.15, 0.2) is 0 Å². The lowest BCUT2D eigenvalue weighted by molar-refractivity contribution is 0.233. The monoisotopic (exact) mass is 276 g/mol. The molecule has 1 rings (SSSR count). The van der Waals surface area contributed by atoms with Gasteiger partial charge in [0.2, 0.25) is 0 Å². The SMILES string of the molecule is C.O=P1(N(CCCl)CCCl)NCCCO1. The Kier molecular flexibility index (Phi) is 8.24. The fraction of sp³-hybridized carbons (Fsp3) is 1.00. The highest BCUT2D eigenvalue weighted by atomic mass is 35.5. The molecular weight excluding hydrogens is 258 g/mol. The lowest BCUT2D eigenvalue weighted by Crippen LogP contribution is -2.35. The quantitative estimate of drug-likeness (QED) is 0.619. The van der Waals surface area contributed by atoms with Crippen molar-refractivity contribution in [3.63, 3.8) is 0 Å². The molecular formula is C8H19Cl2N2O2P. The van der Waals surface area contributed by atoms with E-state index in [9.17, 15) is 4.57 Å². The first-order valence-electron chi connectivity index (χ1n) is 4.60. The third-order valence-electron chi connectivity index (χ3n) is 1.96. The van der Waals surface area contributed by atoms with Gasteiger partial charge in [-0.2, -0.15) is 0 Å². The number of hydrogen-bond donors (Lipinski definition) is 1. The van der Waals surface area contributed by atoms with Crippen molar-refractivity contribution in [1.29, 1.82) is 0 Å². The summed E-state index contributed by atoms with van der Waals surface area (Å²) in [6.07, 6.45) is 0.888. The first-order chi connectivity index (χ1) is 6.73. The van der Waals surface area contributed by atoms with Gasteiger partial charge in [0.05, 0.1) is 6.61 Å². The second-order valence-electron chi connectivity index (χ2n) is 2.95. The van der Waals surface area contributed by atoms with E-state index in [1.165, 1.54) is 0 Å². The molecule has 0 amide bonds. The molecule has 1 heterocycles. The van der Waals surface area contributed by atoms with E-state index < -0.39 is 7.67 Å². The third-order valence-corrected chi connectivity index (χ3v) is 4.60. The summed E-state index contributed by atoms with van der Waals surface area (Å²) in [5, 5.41) is 2.91. The Bertz CT molecular complexity index is 203. The summed E-state index contributed by atoms with van der Waals surface area (Å²) in [4.78, 5) is 0. The van der Waals surface area contributed by atoms with Gasteiger partial charge in [0, 0.05) is 31.4 Å². The van der Waals surface area contributed by atoms with Gasteiger partial charge in [0.1, 0.15) is 0 Å². The van der Waals surface area contributed by atoms with Crippen molar-refractivity contribution < 1.29 is 9.09 Å². The van der Waals surface area contributed by atoms with Crippen LogP contribution in [0.2, 0.25) is 0 Å². The van der Waals surface area contributed by atoms with Crippen molar-refractivity contribution in [3.05, 3.63) is 0 Å². The van der Waals surface area contributed by atoms with Crippen LogP contribution in [0.1, 0.15) is 13.8 Å². The molecule has 1 fully saturated rings. The lowest BCUT2D eigenvalue weighted by Gasteiger charge is -2.33. The number of hydrogen-bond acceptors (Lipinski definition) is 2. The van der Waals surface area contributed by atoms with E-state index in [0.29, 0.717) is 31.5 Å². The highest BCUT2D eigenvalue weighted by Crippen LogP contribution is 2.47. The maximum atomic E-state index is 12.2. The summed E-state index contributed by atoms with van der Waals surface area (Å²) in [5.74, 6) is 0.845. The van der Waals surface area contributed by atoms with Gasteiger partial charge in [0.15, 0.2) is 0 Å². The van der Waals surface area contributed by atoms with Crippen LogP contribution >= 0.6 is 30.9 Å². The van der Waals surface area contributed by atoms with Crippen molar-refractivity contribution >= 4 is 30.9 Å². The Labute approximate surface area is 102 Å². The highest BCUT2D eigenvalue weighted by Gasteiger charge is 2.32. The normalized spacial score (nSPS) is 26.3. The van der Waals surface area contributed by atoms with Crippen LogP contribution in [0.4, 0.5) is 0 Å². The molecule has 4 nitrogen and oxygen atoms in total. The number of rotatable bonds is 5. The van der Waals surface area contributed by atoms with Crippen LogP contribution < -0.4 is 5.09 Å². The second-order valence-corrected chi connectivity index (χ2v) is 5.88. The van der Waals surface area contributed by atoms with Crippen molar-refractivity contribution in [3.8, 4) is 0 Å². The van der Waals surface area contributed by atoms with Gasteiger partial charge in [0.25, 0.3) is 0 Å². The van der Waals surface area contributed by atoms with Crippen molar-refractivity contribution in [2.45, 2.75) is 13.8 Å². The van der Waals surface area contributed by atoms with Crippen molar-refractivity contribution in [1.82, 2.24) is 9.76 Å². The molecule has 1 unspecified atom stereocenters. The van der Waals surface area contributed by atoms with Crippen LogP contribution in [-0.2, 0) is 9.09 Å². The number of nitrogens with zero attached hydrogens (tertiary/aromatic N) is 1. The molecule has 0 bridgehead atoms. The topological polar surface area (TPSA) is 41.6 Å². The smallest absolute Gasteiger partial charge is 0.306 e. The van der Waals surface area contributed by atoms with E-state index in [2.05, 4.69) is 5.09 Å². The maximum absolute atomic E-state index is 12.2. The molecule has 1 aliphatic heterocycles. The molecule has 0 aromatic carbocycles. The zero-order valence-electron chi connectivity index (χ0n) is 7.92. The number of alkyl halides is 2. The van der Waals surface area contributed by atoms with Crippen LogP contribution in [0.5, 0.6) is 0 Å². The molecule has 7 heteroatoms. The van der Waals surface area contributed by atoms with Gasteiger partial charge in [-0.3, -0.25) is 4.57 Å². The number of nitrogens with one attached hydrogen (secondary N) is 1. The molecule has 1 N–H and O–H groups in total. The molecule has 1 aliphatic rings. The summed E-state index contributed by atoms with van der Waals surface area (Å²) in [5.41, 5.74) is 0. The molecule has 15 heavy (non-hydrogen) atoms. The van der Waals surface area contributed by atoms with Gasteiger partial charge < -0.3 is 4.52 Å². The molecule has 0 radical (unpaired) electrons. The Balaban J connectivity index is 0.00000196. The van der Waals surface area contributed by atoms with Crippen molar-refractivity contribution in [2.24, 2.45) is 0 Å². The fourth-order valence-corrected chi connectivity index (χ4v) is 3.92. The summed E-state index contributed by atoms with van der Waals surface area (Å²) >= 11 is 11.2. The minimum Gasteiger partial charge on any atom is -0.306 e. The molecule has 0 aromatic heterocycles. The van der Waals surface area contributed by atoms with Gasteiger partial charge in [-0.1, -0.05) is 7.43 Å². The molecule has 0 saturated carbocycles. The summed E-state index contributed by atoms with van der Waals surface area (Å²) in [6.45, 7) is 2.31. The fourth-order valence-electron chi connectivity index (χ4n) is 1.28. The zero-order chi connectivity index (χ0) is 10.4. The van der Waals surface area contributed by atoms with E-state index in [4.69, 9.17) is 27.7 Å². The van der Waals surface area contributed by atoms with Crippen molar-refractivity contribution in [2.75, 3.05) is 38.0 Å². The molecule has 92 valence electrons. The predicted octanol–water partition coefficient (Wildman–Crippen LogP) is 2.52. The van der Waals surface area contributed by atoms with Gasteiger partial charge in [-0.15, -0.1) is 23.2 Å². The molecule has 0 spiro atoms. The first kappa shape index (κ1) is 15.7. The van der Waals surface area contributed by atoms with E-state index in [0.717, 1.165) is 13.0 Å². The minimum atomic E-state index is -2.84. The summed E-state index contributed by atoms with van der Waals surface area (Å²) in [6, 6.07) is 0. The van der Waals surface area contributed by atoms with Crippen LogP contribution in [-0.4, -0.2) is 42.7 Å². The lowest BCUT2D eigenvalue weighted by atomic mass is 10.5. The Hall–Kier alpha value is 0.690. The number of halogens is 2. The van der Waals surface area contributed by atoms with E-state index >= 15 is 0 Å². The third kappa shape index (κ3) is 4.59. The Morgan fingerprint density at radius 1 is 1.33 bits per heavy atom. The molecule has 1 atom stereocenters. The second kappa shape index (κ2) is 7.88. The van der Waals surface area contributed by atoms with E-state index in [1.807, 2.05) is 0 Å². The van der Waals surface area contributed by atoms with Crippen LogP contribution in [0, 0.1) is 0 Å². The first-order valence-corrected chi connectivity index (χ1v) is 7.24. The minimum absolute atomic E-state index is 0. The average Bonchev–Trinajstić information content (AvgIpc) is 2.19. The summed E-state index contributed by atoms with van der Waals surface area (Å²) < 4.78 is 19.2.